The van der Waals surface area contributed by atoms with Crippen molar-refractivity contribution < 1.29 is 5.11 Å². The molecule has 120 valence electrons. The molecule has 2 heterocycles. The van der Waals surface area contributed by atoms with Gasteiger partial charge in [0, 0.05) is 22.5 Å². The van der Waals surface area contributed by atoms with E-state index in [4.69, 9.17) is 0 Å². The SMILES string of the molecule is OCC(Cc1c[nH]c2ccccc12)Nc1ncnc2ccccc12. The second-order valence-electron chi connectivity index (χ2n) is 5.83. The molecule has 0 aliphatic carbocycles. The van der Waals surface area contributed by atoms with E-state index in [-0.39, 0.29) is 12.6 Å². The quantitative estimate of drug-likeness (QED) is 0.528. The maximum absolute atomic E-state index is 9.81. The van der Waals surface area contributed by atoms with Crippen LogP contribution in [-0.2, 0) is 6.42 Å². The van der Waals surface area contributed by atoms with E-state index in [9.17, 15) is 5.11 Å². The third kappa shape index (κ3) is 2.70. The Morgan fingerprint density at radius 3 is 2.67 bits per heavy atom. The lowest BCUT2D eigenvalue weighted by Crippen LogP contribution is -2.27. The van der Waals surface area contributed by atoms with Gasteiger partial charge in [-0.25, -0.2) is 9.97 Å². The van der Waals surface area contributed by atoms with Crippen LogP contribution in [0.25, 0.3) is 21.8 Å². The predicted octanol–water partition coefficient (Wildman–Crippen LogP) is 3.13. The van der Waals surface area contributed by atoms with Gasteiger partial charge in [0.1, 0.15) is 12.1 Å². The summed E-state index contributed by atoms with van der Waals surface area (Å²) in [7, 11) is 0. The van der Waals surface area contributed by atoms with Gasteiger partial charge in [0.2, 0.25) is 0 Å². The molecular formula is C19H18N4O. The van der Waals surface area contributed by atoms with Crippen molar-refractivity contribution in [3.63, 3.8) is 0 Å². The Bertz CT molecular complexity index is 974. The highest BCUT2D eigenvalue weighted by Gasteiger charge is 2.14. The summed E-state index contributed by atoms with van der Waals surface area (Å²) in [6.07, 6.45) is 4.26. The molecule has 0 amide bonds. The fraction of sp³-hybridized carbons (Fsp3) is 0.158. The molecule has 3 N–H and O–H groups in total. The second-order valence-corrected chi connectivity index (χ2v) is 5.83. The van der Waals surface area contributed by atoms with E-state index in [0.29, 0.717) is 6.42 Å². The number of aliphatic hydroxyl groups is 1. The number of benzene rings is 2. The van der Waals surface area contributed by atoms with Crippen molar-refractivity contribution in [3.8, 4) is 0 Å². The van der Waals surface area contributed by atoms with E-state index in [1.165, 1.54) is 10.9 Å². The molecule has 0 aliphatic rings. The largest absolute Gasteiger partial charge is 0.394 e. The van der Waals surface area contributed by atoms with Gasteiger partial charge in [-0.2, -0.15) is 0 Å². The van der Waals surface area contributed by atoms with Gasteiger partial charge in [0.25, 0.3) is 0 Å². The Hall–Kier alpha value is -2.92. The number of H-pyrrole nitrogens is 1. The lowest BCUT2D eigenvalue weighted by atomic mass is 10.1. The first-order chi connectivity index (χ1) is 11.8. The summed E-state index contributed by atoms with van der Waals surface area (Å²) in [6.45, 7) is 0.0256. The number of aromatic amines is 1. The van der Waals surface area contributed by atoms with Crippen LogP contribution >= 0.6 is 0 Å². The van der Waals surface area contributed by atoms with Crippen LogP contribution in [0.1, 0.15) is 5.56 Å². The molecule has 0 radical (unpaired) electrons. The Labute approximate surface area is 139 Å². The number of fused-ring (bicyclic) bond motifs is 2. The monoisotopic (exact) mass is 318 g/mol. The van der Waals surface area contributed by atoms with Gasteiger partial charge in [0.05, 0.1) is 18.2 Å². The van der Waals surface area contributed by atoms with E-state index >= 15 is 0 Å². The number of aromatic nitrogens is 3. The van der Waals surface area contributed by atoms with Gasteiger partial charge in [-0.1, -0.05) is 30.3 Å². The summed E-state index contributed by atoms with van der Waals surface area (Å²) >= 11 is 0. The first-order valence-corrected chi connectivity index (χ1v) is 7.97. The Morgan fingerprint density at radius 2 is 1.79 bits per heavy atom. The Morgan fingerprint density at radius 1 is 1.00 bits per heavy atom. The van der Waals surface area contributed by atoms with Crippen LogP contribution in [0.15, 0.2) is 61.1 Å². The number of nitrogens with one attached hydrogen (secondary N) is 2. The maximum Gasteiger partial charge on any atom is 0.137 e. The number of hydrogen-bond donors (Lipinski definition) is 3. The number of aliphatic hydroxyl groups excluding tert-OH is 1. The molecule has 0 bridgehead atoms. The van der Waals surface area contributed by atoms with Crippen molar-refractivity contribution in [2.24, 2.45) is 0 Å². The summed E-state index contributed by atoms with van der Waals surface area (Å²) in [5.41, 5.74) is 3.17. The minimum absolute atomic E-state index is 0.0256. The topological polar surface area (TPSA) is 73.8 Å². The predicted molar refractivity (Wildman–Crippen MR) is 96.0 cm³/mol. The van der Waals surface area contributed by atoms with E-state index in [1.807, 2.05) is 42.6 Å². The zero-order valence-electron chi connectivity index (χ0n) is 13.1. The van der Waals surface area contributed by atoms with Crippen LogP contribution in [0.5, 0.6) is 0 Å². The highest BCUT2D eigenvalue weighted by molar-refractivity contribution is 5.89. The van der Waals surface area contributed by atoms with Crippen LogP contribution < -0.4 is 5.32 Å². The van der Waals surface area contributed by atoms with Crippen LogP contribution in [-0.4, -0.2) is 32.7 Å². The van der Waals surface area contributed by atoms with Crippen LogP contribution in [0.3, 0.4) is 0 Å². The first-order valence-electron chi connectivity index (χ1n) is 7.97. The minimum Gasteiger partial charge on any atom is -0.394 e. The second kappa shape index (κ2) is 6.29. The number of para-hydroxylation sites is 2. The van der Waals surface area contributed by atoms with Crippen molar-refractivity contribution in [1.82, 2.24) is 15.0 Å². The number of anilines is 1. The molecule has 1 atom stereocenters. The lowest BCUT2D eigenvalue weighted by molar-refractivity contribution is 0.274. The third-order valence-electron chi connectivity index (χ3n) is 4.25. The number of nitrogens with zero attached hydrogens (tertiary/aromatic N) is 2. The average Bonchev–Trinajstić information content (AvgIpc) is 3.04. The van der Waals surface area contributed by atoms with Gasteiger partial charge in [-0.15, -0.1) is 0 Å². The molecule has 5 nitrogen and oxygen atoms in total. The molecule has 0 saturated carbocycles. The van der Waals surface area contributed by atoms with Gasteiger partial charge in [0.15, 0.2) is 0 Å². The van der Waals surface area contributed by atoms with E-state index < -0.39 is 0 Å². The molecule has 4 aromatic rings. The molecule has 0 fully saturated rings. The highest BCUT2D eigenvalue weighted by Crippen LogP contribution is 2.22. The summed E-state index contributed by atoms with van der Waals surface area (Å²) < 4.78 is 0. The molecule has 5 heteroatoms. The molecule has 24 heavy (non-hydrogen) atoms. The summed E-state index contributed by atoms with van der Waals surface area (Å²) in [5, 5.41) is 15.3. The molecule has 0 aliphatic heterocycles. The molecule has 0 spiro atoms. The Kier molecular flexibility index (Phi) is 3.84. The normalized spacial score (nSPS) is 12.5. The Balaban J connectivity index is 1.62. The summed E-state index contributed by atoms with van der Waals surface area (Å²) in [6, 6.07) is 15.9. The molecule has 2 aromatic heterocycles. The smallest absolute Gasteiger partial charge is 0.137 e. The van der Waals surface area contributed by atoms with Crippen molar-refractivity contribution in [3.05, 3.63) is 66.6 Å². The van der Waals surface area contributed by atoms with Crippen molar-refractivity contribution in [1.29, 1.82) is 0 Å². The molecule has 4 rings (SSSR count). The van der Waals surface area contributed by atoms with E-state index in [1.54, 1.807) is 6.33 Å². The van der Waals surface area contributed by atoms with Gasteiger partial charge in [-0.3, -0.25) is 0 Å². The van der Waals surface area contributed by atoms with Crippen molar-refractivity contribution in [2.75, 3.05) is 11.9 Å². The lowest BCUT2D eigenvalue weighted by Gasteiger charge is -2.17. The van der Waals surface area contributed by atoms with Crippen molar-refractivity contribution in [2.45, 2.75) is 12.5 Å². The van der Waals surface area contributed by atoms with Gasteiger partial charge < -0.3 is 15.4 Å². The van der Waals surface area contributed by atoms with Crippen LogP contribution in [0.2, 0.25) is 0 Å². The standard InChI is InChI=1S/C19H18N4O/c24-11-14(9-13-10-20-17-7-3-1-5-15(13)17)23-19-16-6-2-4-8-18(16)21-12-22-19/h1-8,10,12,14,20,24H,9,11H2,(H,21,22,23). The fourth-order valence-corrected chi connectivity index (χ4v) is 3.04. The summed E-state index contributed by atoms with van der Waals surface area (Å²) in [4.78, 5) is 11.9. The molecule has 1 unspecified atom stereocenters. The van der Waals surface area contributed by atoms with Gasteiger partial charge >= 0.3 is 0 Å². The number of rotatable bonds is 5. The number of hydrogen-bond acceptors (Lipinski definition) is 4. The molecular weight excluding hydrogens is 300 g/mol. The summed E-state index contributed by atoms with van der Waals surface area (Å²) in [5.74, 6) is 0.750. The van der Waals surface area contributed by atoms with Gasteiger partial charge in [-0.05, 0) is 30.2 Å². The minimum atomic E-state index is -0.123. The molecule has 0 saturated heterocycles. The maximum atomic E-state index is 9.81. The third-order valence-corrected chi connectivity index (χ3v) is 4.25. The fourth-order valence-electron chi connectivity index (χ4n) is 3.04. The van der Waals surface area contributed by atoms with Crippen LogP contribution in [0.4, 0.5) is 5.82 Å². The highest BCUT2D eigenvalue weighted by atomic mass is 16.3. The van der Waals surface area contributed by atoms with Crippen molar-refractivity contribution >= 4 is 27.6 Å². The first kappa shape index (κ1) is 14.7. The van der Waals surface area contributed by atoms with E-state index in [2.05, 4.69) is 32.4 Å². The zero-order chi connectivity index (χ0) is 16.4. The zero-order valence-corrected chi connectivity index (χ0v) is 13.1. The molecule has 2 aromatic carbocycles. The average molecular weight is 318 g/mol. The van der Waals surface area contributed by atoms with Crippen LogP contribution in [0, 0.1) is 0 Å². The van der Waals surface area contributed by atoms with E-state index in [0.717, 1.165) is 22.2 Å².